The average Bonchev–Trinajstić information content (AvgIpc) is 2.76. The Bertz CT molecular complexity index is 1090. The molecule has 0 saturated carbocycles. The van der Waals surface area contributed by atoms with Crippen LogP contribution in [0.4, 0.5) is 0 Å². The van der Waals surface area contributed by atoms with E-state index >= 15 is 0 Å². The zero-order valence-corrected chi connectivity index (χ0v) is 18.7. The smallest absolute Gasteiger partial charge is 0.271 e. The average molecular weight is 437 g/mol. The molecule has 1 heterocycles. The standard InChI is InChI=1S/C23H24N4O3S/c1-14-11-15(2)25-23(24-14)31-13-17-5-7-18(8-6-17)22(29)27-26-16(3)20-12-19(30-4)9-10-21(20)28/h5-12,28H,13H2,1-4H3,(H,27,29)/b26-16+. The van der Waals surface area contributed by atoms with Crippen LogP contribution in [-0.4, -0.2) is 33.8 Å². The molecule has 0 aliphatic rings. The highest BCUT2D eigenvalue weighted by molar-refractivity contribution is 7.98. The molecule has 7 nitrogen and oxygen atoms in total. The summed E-state index contributed by atoms with van der Waals surface area (Å²) in [5.41, 5.74) is 6.91. The molecule has 0 radical (unpaired) electrons. The predicted octanol–water partition coefficient (Wildman–Crippen LogP) is 4.25. The maximum Gasteiger partial charge on any atom is 0.271 e. The number of phenolic OH excluding ortho intramolecular Hbond substituents is 1. The Hall–Kier alpha value is -3.39. The lowest BCUT2D eigenvalue weighted by atomic mass is 10.1. The van der Waals surface area contributed by atoms with Crippen LogP contribution in [0.1, 0.15) is 39.8 Å². The quantitative estimate of drug-likeness (QED) is 0.249. The number of thioether (sulfide) groups is 1. The number of carbonyl (C=O) groups is 1. The number of aryl methyl sites for hydroxylation is 2. The summed E-state index contributed by atoms with van der Waals surface area (Å²) in [5.74, 6) is 1.02. The van der Waals surface area contributed by atoms with Gasteiger partial charge in [0.25, 0.3) is 5.91 Å². The van der Waals surface area contributed by atoms with E-state index in [1.807, 2.05) is 32.0 Å². The van der Waals surface area contributed by atoms with Gasteiger partial charge in [0, 0.05) is 28.3 Å². The Morgan fingerprint density at radius 2 is 1.77 bits per heavy atom. The molecule has 8 heteroatoms. The lowest BCUT2D eigenvalue weighted by Gasteiger charge is -2.08. The fourth-order valence-corrected chi connectivity index (χ4v) is 3.75. The molecule has 0 atom stereocenters. The zero-order chi connectivity index (χ0) is 22.4. The summed E-state index contributed by atoms with van der Waals surface area (Å²) >= 11 is 1.55. The van der Waals surface area contributed by atoms with E-state index in [0.29, 0.717) is 28.3 Å². The number of nitrogens with zero attached hydrogens (tertiary/aromatic N) is 3. The number of amides is 1. The number of carbonyl (C=O) groups excluding carboxylic acids is 1. The third kappa shape index (κ3) is 6.05. The molecule has 0 aliphatic carbocycles. The molecular weight excluding hydrogens is 412 g/mol. The second kappa shape index (κ2) is 10.1. The van der Waals surface area contributed by atoms with Crippen LogP contribution in [0.5, 0.6) is 11.5 Å². The minimum atomic E-state index is -0.335. The highest BCUT2D eigenvalue weighted by Gasteiger charge is 2.09. The Morgan fingerprint density at radius 1 is 1.10 bits per heavy atom. The topological polar surface area (TPSA) is 96.7 Å². The maximum atomic E-state index is 12.4. The molecule has 0 saturated heterocycles. The molecule has 0 spiro atoms. The van der Waals surface area contributed by atoms with Crippen molar-refractivity contribution in [2.24, 2.45) is 5.10 Å². The van der Waals surface area contributed by atoms with Gasteiger partial charge in [-0.15, -0.1) is 0 Å². The molecule has 3 aromatic rings. The minimum absolute atomic E-state index is 0.0611. The van der Waals surface area contributed by atoms with Gasteiger partial charge in [-0.1, -0.05) is 23.9 Å². The van der Waals surface area contributed by atoms with E-state index in [2.05, 4.69) is 20.5 Å². The Labute approximate surface area is 185 Å². The van der Waals surface area contributed by atoms with Gasteiger partial charge in [-0.05, 0) is 62.7 Å². The zero-order valence-electron chi connectivity index (χ0n) is 17.8. The first-order valence-corrected chi connectivity index (χ1v) is 10.6. The van der Waals surface area contributed by atoms with Crippen LogP contribution in [0, 0.1) is 13.8 Å². The van der Waals surface area contributed by atoms with Gasteiger partial charge in [-0.3, -0.25) is 4.79 Å². The lowest BCUT2D eigenvalue weighted by Crippen LogP contribution is -2.19. The summed E-state index contributed by atoms with van der Waals surface area (Å²) < 4.78 is 5.16. The maximum absolute atomic E-state index is 12.4. The van der Waals surface area contributed by atoms with E-state index in [1.165, 1.54) is 6.07 Å². The highest BCUT2D eigenvalue weighted by atomic mass is 32.2. The van der Waals surface area contributed by atoms with E-state index in [9.17, 15) is 9.90 Å². The number of aromatic nitrogens is 2. The predicted molar refractivity (Wildman–Crippen MR) is 122 cm³/mol. The van der Waals surface area contributed by atoms with E-state index in [4.69, 9.17) is 4.74 Å². The number of ether oxygens (including phenoxy) is 1. The largest absolute Gasteiger partial charge is 0.507 e. The summed E-state index contributed by atoms with van der Waals surface area (Å²) in [4.78, 5) is 21.3. The van der Waals surface area contributed by atoms with Gasteiger partial charge in [-0.25, -0.2) is 15.4 Å². The van der Waals surface area contributed by atoms with Crippen LogP contribution in [0.15, 0.2) is 58.8 Å². The fraction of sp³-hybridized carbons (Fsp3) is 0.217. The Kier molecular flexibility index (Phi) is 7.25. The Morgan fingerprint density at radius 3 is 2.42 bits per heavy atom. The summed E-state index contributed by atoms with van der Waals surface area (Å²) in [6.45, 7) is 5.60. The van der Waals surface area contributed by atoms with E-state index in [-0.39, 0.29) is 11.7 Å². The number of benzene rings is 2. The van der Waals surface area contributed by atoms with Crippen LogP contribution in [0.3, 0.4) is 0 Å². The number of methoxy groups -OCH3 is 1. The van der Waals surface area contributed by atoms with Crippen molar-refractivity contribution in [1.29, 1.82) is 0 Å². The van der Waals surface area contributed by atoms with Gasteiger partial charge in [0.1, 0.15) is 11.5 Å². The summed E-state index contributed by atoms with van der Waals surface area (Å²) in [6.07, 6.45) is 0. The van der Waals surface area contributed by atoms with Crippen molar-refractivity contribution in [3.63, 3.8) is 0 Å². The van der Waals surface area contributed by atoms with Crippen LogP contribution >= 0.6 is 11.8 Å². The molecule has 0 unspecified atom stereocenters. The third-order valence-corrected chi connectivity index (χ3v) is 5.38. The molecule has 0 fully saturated rings. The lowest BCUT2D eigenvalue weighted by molar-refractivity contribution is 0.0955. The first-order valence-electron chi connectivity index (χ1n) is 9.61. The normalized spacial score (nSPS) is 11.3. The number of aromatic hydroxyl groups is 1. The van der Waals surface area contributed by atoms with Crippen LogP contribution in [0.25, 0.3) is 0 Å². The van der Waals surface area contributed by atoms with Crippen LogP contribution < -0.4 is 10.2 Å². The fourth-order valence-electron chi connectivity index (χ4n) is 2.85. The molecule has 31 heavy (non-hydrogen) atoms. The molecule has 2 N–H and O–H groups in total. The first kappa shape index (κ1) is 22.3. The molecule has 3 rings (SSSR count). The number of rotatable bonds is 7. The molecular formula is C23H24N4O3S. The van der Waals surface area contributed by atoms with Gasteiger partial charge < -0.3 is 9.84 Å². The van der Waals surface area contributed by atoms with E-state index < -0.39 is 0 Å². The Balaban J connectivity index is 1.61. The number of hydrogen-bond donors (Lipinski definition) is 2. The van der Waals surface area contributed by atoms with Gasteiger partial charge in [0.05, 0.1) is 12.8 Å². The van der Waals surface area contributed by atoms with Gasteiger partial charge in [0.2, 0.25) is 0 Å². The van der Waals surface area contributed by atoms with Crippen molar-refractivity contribution >= 4 is 23.4 Å². The molecule has 0 bridgehead atoms. The first-order chi connectivity index (χ1) is 14.9. The van der Waals surface area contributed by atoms with Crippen molar-refractivity contribution in [3.8, 4) is 11.5 Å². The number of hydrogen-bond acceptors (Lipinski definition) is 7. The monoisotopic (exact) mass is 436 g/mol. The molecule has 160 valence electrons. The molecule has 0 aliphatic heterocycles. The highest BCUT2D eigenvalue weighted by Crippen LogP contribution is 2.23. The van der Waals surface area contributed by atoms with Crippen LogP contribution in [0.2, 0.25) is 0 Å². The summed E-state index contributed by atoms with van der Waals surface area (Å²) in [6, 6.07) is 14.1. The van der Waals surface area contributed by atoms with Crippen molar-refractivity contribution < 1.29 is 14.6 Å². The summed E-state index contributed by atoms with van der Waals surface area (Å²) in [5, 5.41) is 14.9. The number of phenols is 1. The van der Waals surface area contributed by atoms with Gasteiger partial charge >= 0.3 is 0 Å². The second-order valence-electron chi connectivity index (χ2n) is 6.94. The van der Waals surface area contributed by atoms with Gasteiger partial charge in [0.15, 0.2) is 5.16 Å². The van der Waals surface area contributed by atoms with Crippen molar-refractivity contribution in [1.82, 2.24) is 15.4 Å². The van der Waals surface area contributed by atoms with E-state index in [0.717, 1.165) is 22.1 Å². The van der Waals surface area contributed by atoms with E-state index in [1.54, 1.807) is 50.1 Å². The van der Waals surface area contributed by atoms with Crippen molar-refractivity contribution in [3.05, 3.63) is 76.6 Å². The number of nitrogens with one attached hydrogen (secondary N) is 1. The minimum Gasteiger partial charge on any atom is -0.507 e. The van der Waals surface area contributed by atoms with Crippen molar-refractivity contribution in [2.45, 2.75) is 31.7 Å². The number of hydrazone groups is 1. The molecule has 1 amide bonds. The molecule has 2 aromatic carbocycles. The second-order valence-corrected chi connectivity index (χ2v) is 7.88. The third-order valence-electron chi connectivity index (χ3n) is 4.46. The SMILES string of the molecule is COc1ccc(O)c(/C(C)=N/NC(=O)c2ccc(CSc3nc(C)cc(C)n3)cc2)c1. The van der Waals surface area contributed by atoms with Crippen LogP contribution in [-0.2, 0) is 5.75 Å². The molecule has 1 aromatic heterocycles. The summed E-state index contributed by atoms with van der Waals surface area (Å²) in [7, 11) is 1.54. The van der Waals surface area contributed by atoms with Gasteiger partial charge in [-0.2, -0.15) is 5.10 Å². The van der Waals surface area contributed by atoms with Crippen molar-refractivity contribution in [2.75, 3.05) is 7.11 Å².